The number of carbonyl (C=O) groups is 1. The van der Waals surface area contributed by atoms with Crippen molar-refractivity contribution in [3.05, 3.63) is 52.9 Å². The van der Waals surface area contributed by atoms with E-state index in [1.165, 1.54) is 15.6 Å². The van der Waals surface area contributed by atoms with E-state index in [0.717, 1.165) is 5.56 Å². The molecule has 1 saturated heterocycles. The molecule has 1 aliphatic heterocycles. The average Bonchev–Trinajstić information content (AvgIpc) is 3.23. The molecule has 164 valence electrons. The molecule has 1 aromatic heterocycles. The molecule has 0 bridgehead atoms. The van der Waals surface area contributed by atoms with Crippen molar-refractivity contribution in [1.29, 1.82) is 0 Å². The van der Waals surface area contributed by atoms with Crippen molar-refractivity contribution >= 4 is 27.4 Å². The number of likely N-dealkylation sites (tertiary alicyclic amines) is 1. The number of methoxy groups -OCH3 is 3. The van der Waals surface area contributed by atoms with Crippen LogP contribution in [0.15, 0.2) is 41.8 Å². The lowest BCUT2D eigenvalue weighted by atomic mass is 9.90. The van der Waals surface area contributed by atoms with Gasteiger partial charge in [0.05, 0.1) is 33.3 Å². The highest BCUT2D eigenvalue weighted by molar-refractivity contribution is 7.17. The molecule has 1 unspecified atom stereocenters. The molecular formula is C24H27NO5S. The van der Waals surface area contributed by atoms with Crippen LogP contribution in [-0.2, 0) is 4.79 Å². The van der Waals surface area contributed by atoms with E-state index in [4.69, 9.17) is 14.2 Å². The maximum absolute atomic E-state index is 11.5. The van der Waals surface area contributed by atoms with Gasteiger partial charge in [0.15, 0.2) is 11.5 Å². The Morgan fingerprint density at radius 1 is 1.00 bits per heavy atom. The van der Waals surface area contributed by atoms with Crippen molar-refractivity contribution < 1.29 is 24.1 Å². The Bertz CT molecular complexity index is 1070. The van der Waals surface area contributed by atoms with Gasteiger partial charge in [0.25, 0.3) is 0 Å². The van der Waals surface area contributed by atoms with Crippen molar-refractivity contribution in [3.8, 4) is 17.2 Å². The molecule has 6 nitrogen and oxygen atoms in total. The average molecular weight is 442 g/mol. The number of carboxylic acids is 1. The van der Waals surface area contributed by atoms with Gasteiger partial charge in [-0.05, 0) is 60.5 Å². The SMILES string of the molecule is COc1ccc(C(c2csc3ccccc23)N2CCC(C(=O)O)CC2)c(OC)c1OC. The molecule has 0 saturated carbocycles. The minimum absolute atomic E-state index is 0.0827. The molecule has 1 N–H and O–H groups in total. The number of fused-ring (bicyclic) bond motifs is 1. The minimum atomic E-state index is -0.708. The van der Waals surface area contributed by atoms with Crippen LogP contribution in [0.5, 0.6) is 17.2 Å². The van der Waals surface area contributed by atoms with E-state index in [1.54, 1.807) is 32.7 Å². The fraction of sp³-hybridized carbons (Fsp3) is 0.375. The van der Waals surface area contributed by atoms with Gasteiger partial charge in [-0.15, -0.1) is 11.3 Å². The molecular weight excluding hydrogens is 414 g/mol. The molecule has 31 heavy (non-hydrogen) atoms. The molecule has 0 aliphatic carbocycles. The van der Waals surface area contributed by atoms with Gasteiger partial charge < -0.3 is 19.3 Å². The van der Waals surface area contributed by atoms with Crippen LogP contribution >= 0.6 is 11.3 Å². The number of piperidine rings is 1. The quantitative estimate of drug-likeness (QED) is 0.567. The summed E-state index contributed by atoms with van der Waals surface area (Å²) in [6, 6.07) is 12.2. The summed E-state index contributed by atoms with van der Waals surface area (Å²) < 4.78 is 18.2. The second-order valence-corrected chi connectivity index (χ2v) is 8.57. The highest BCUT2D eigenvalue weighted by Crippen LogP contribution is 2.47. The van der Waals surface area contributed by atoms with Gasteiger partial charge in [-0.2, -0.15) is 0 Å². The van der Waals surface area contributed by atoms with Gasteiger partial charge in [-0.25, -0.2) is 0 Å². The molecule has 1 atom stereocenters. The second-order valence-electron chi connectivity index (χ2n) is 7.66. The fourth-order valence-corrected chi connectivity index (χ4v) is 5.50. The lowest BCUT2D eigenvalue weighted by molar-refractivity contribution is -0.143. The summed E-state index contributed by atoms with van der Waals surface area (Å²) in [4.78, 5) is 13.9. The lowest BCUT2D eigenvalue weighted by Gasteiger charge is -2.37. The normalized spacial score (nSPS) is 16.2. The van der Waals surface area contributed by atoms with Crippen molar-refractivity contribution in [1.82, 2.24) is 4.90 Å². The molecule has 0 radical (unpaired) electrons. The zero-order valence-electron chi connectivity index (χ0n) is 18.0. The predicted octanol–water partition coefficient (Wildman–Crippen LogP) is 4.81. The molecule has 3 aromatic rings. The van der Waals surface area contributed by atoms with E-state index in [1.807, 2.05) is 18.2 Å². The Hall–Kier alpha value is -2.77. The van der Waals surface area contributed by atoms with Crippen molar-refractivity contribution in [2.75, 3.05) is 34.4 Å². The number of ether oxygens (including phenoxy) is 3. The van der Waals surface area contributed by atoms with Gasteiger partial charge in [0.1, 0.15) is 0 Å². The van der Waals surface area contributed by atoms with Crippen LogP contribution in [0.1, 0.15) is 30.0 Å². The number of thiophene rings is 1. The summed E-state index contributed by atoms with van der Waals surface area (Å²) in [7, 11) is 4.86. The smallest absolute Gasteiger partial charge is 0.306 e. The summed E-state index contributed by atoms with van der Waals surface area (Å²) in [5.41, 5.74) is 2.18. The Morgan fingerprint density at radius 3 is 2.35 bits per heavy atom. The molecule has 4 rings (SSSR count). The molecule has 2 aromatic carbocycles. The summed E-state index contributed by atoms with van der Waals surface area (Å²) in [5, 5.41) is 12.9. The van der Waals surface area contributed by atoms with E-state index < -0.39 is 5.97 Å². The number of benzene rings is 2. The molecule has 1 aliphatic rings. The third kappa shape index (κ3) is 3.95. The van der Waals surface area contributed by atoms with E-state index in [-0.39, 0.29) is 12.0 Å². The molecule has 0 amide bonds. The maximum atomic E-state index is 11.5. The van der Waals surface area contributed by atoms with Gasteiger partial charge in [-0.3, -0.25) is 9.69 Å². The Morgan fingerprint density at radius 2 is 1.71 bits per heavy atom. The van der Waals surface area contributed by atoms with Crippen LogP contribution in [-0.4, -0.2) is 50.4 Å². The maximum Gasteiger partial charge on any atom is 0.306 e. The van der Waals surface area contributed by atoms with E-state index in [9.17, 15) is 9.90 Å². The van der Waals surface area contributed by atoms with Gasteiger partial charge in [-0.1, -0.05) is 18.2 Å². The van der Waals surface area contributed by atoms with Crippen LogP contribution in [0.25, 0.3) is 10.1 Å². The van der Waals surface area contributed by atoms with Crippen molar-refractivity contribution in [2.24, 2.45) is 5.92 Å². The van der Waals surface area contributed by atoms with Crippen molar-refractivity contribution in [2.45, 2.75) is 18.9 Å². The summed E-state index contributed by atoms with van der Waals surface area (Å²) in [6.45, 7) is 1.40. The third-order valence-corrected chi connectivity index (χ3v) is 7.06. The lowest BCUT2D eigenvalue weighted by Crippen LogP contribution is -2.39. The number of aliphatic carboxylic acids is 1. The Kier molecular flexibility index (Phi) is 6.34. The van der Waals surface area contributed by atoms with Crippen LogP contribution in [0.3, 0.4) is 0 Å². The Balaban J connectivity index is 1.85. The first-order valence-electron chi connectivity index (χ1n) is 10.3. The van der Waals surface area contributed by atoms with Crippen LogP contribution in [0.2, 0.25) is 0 Å². The monoisotopic (exact) mass is 441 g/mol. The van der Waals surface area contributed by atoms with Gasteiger partial charge >= 0.3 is 5.97 Å². The largest absolute Gasteiger partial charge is 0.493 e. The van der Waals surface area contributed by atoms with Crippen LogP contribution in [0, 0.1) is 5.92 Å². The number of hydrogen-bond donors (Lipinski definition) is 1. The zero-order valence-corrected chi connectivity index (χ0v) is 18.8. The van der Waals surface area contributed by atoms with E-state index in [0.29, 0.717) is 43.2 Å². The second kappa shape index (κ2) is 9.16. The fourth-order valence-electron chi connectivity index (χ4n) is 4.52. The third-order valence-electron chi connectivity index (χ3n) is 6.08. The van der Waals surface area contributed by atoms with E-state index >= 15 is 0 Å². The number of nitrogens with zero attached hydrogens (tertiary/aromatic N) is 1. The molecule has 1 fully saturated rings. The topological polar surface area (TPSA) is 68.2 Å². The first kappa shape index (κ1) is 21.5. The summed E-state index contributed by atoms with van der Waals surface area (Å²) in [6.07, 6.45) is 1.26. The summed E-state index contributed by atoms with van der Waals surface area (Å²) >= 11 is 1.72. The van der Waals surface area contributed by atoms with Gasteiger partial charge in [0, 0.05) is 10.3 Å². The molecule has 7 heteroatoms. The number of rotatable bonds is 7. The highest BCUT2D eigenvalue weighted by atomic mass is 32.1. The summed E-state index contributed by atoms with van der Waals surface area (Å²) in [5.74, 6) is 0.820. The van der Waals surface area contributed by atoms with Crippen LogP contribution in [0.4, 0.5) is 0 Å². The molecule has 2 heterocycles. The van der Waals surface area contributed by atoms with Gasteiger partial charge in [0.2, 0.25) is 5.75 Å². The standard InChI is InChI=1S/C24H27NO5S/c1-28-19-9-8-17(22(29-2)23(19)30-3)21(25-12-10-15(11-13-25)24(26)27)18-14-31-20-7-5-4-6-16(18)20/h4-9,14-15,21H,10-13H2,1-3H3,(H,26,27). The van der Waals surface area contributed by atoms with E-state index in [2.05, 4.69) is 28.5 Å². The number of hydrogen-bond acceptors (Lipinski definition) is 6. The molecule has 0 spiro atoms. The number of carboxylic acid groups (broad SMARTS) is 1. The highest BCUT2D eigenvalue weighted by Gasteiger charge is 2.34. The zero-order chi connectivity index (χ0) is 22.0. The first-order valence-corrected chi connectivity index (χ1v) is 11.2. The Labute approximate surface area is 186 Å². The predicted molar refractivity (Wildman–Crippen MR) is 122 cm³/mol. The first-order chi connectivity index (χ1) is 15.1. The minimum Gasteiger partial charge on any atom is -0.493 e. The van der Waals surface area contributed by atoms with Crippen LogP contribution < -0.4 is 14.2 Å². The van der Waals surface area contributed by atoms with Crippen molar-refractivity contribution in [3.63, 3.8) is 0 Å².